The molecule has 2 aromatic heterocycles. The summed E-state index contributed by atoms with van der Waals surface area (Å²) >= 11 is 0. The van der Waals surface area contributed by atoms with Crippen LogP contribution in [0.2, 0.25) is 0 Å². The first-order valence-corrected chi connectivity index (χ1v) is 6.53. The predicted octanol–water partition coefficient (Wildman–Crippen LogP) is 1.50. The molecule has 0 unspecified atom stereocenters. The zero-order chi connectivity index (χ0) is 13.4. The molecule has 0 radical (unpaired) electrons. The monoisotopic (exact) mass is 259 g/mol. The average molecular weight is 259 g/mol. The highest BCUT2D eigenvalue weighted by molar-refractivity contribution is 5.96. The van der Waals surface area contributed by atoms with Crippen molar-refractivity contribution in [2.75, 3.05) is 19.7 Å². The molecule has 0 aromatic carbocycles. The molecule has 5 nitrogen and oxygen atoms in total. The first-order chi connectivity index (χ1) is 9.19. The van der Waals surface area contributed by atoms with Crippen LogP contribution in [0.5, 0.6) is 0 Å². The Balaban J connectivity index is 1.80. The van der Waals surface area contributed by atoms with Gasteiger partial charge in [-0.3, -0.25) is 4.79 Å². The number of aromatic nitrogens is 2. The minimum absolute atomic E-state index is 0.0732. The average Bonchev–Trinajstić information content (AvgIpc) is 2.78. The summed E-state index contributed by atoms with van der Waals surface area (Å²) in [5, 5.41) is 0. The molecule has 3 rings (SSSR count). The van der Waals surface area contributed by atoms with Crippen LogP contribution in [0.25, 0.3) is 5.65 Å². The zero-order valence-electron chi connectivity index (χ0n) is 11.2. The highest BCUT2D eigenvalue weighted by atomic mass is 16.5. The van der Waals surface area contributed by atoms with Crippen LogP contribution in [0.1, 0.15) is 22.8 Å². The number of carbonyl (C=O) groups is 1. The quantitative estimate of drug-likeness (QED) is 0.839. The van der Waals surface area contributed by atoms with Crippen molar-refractivity contribution in [3.8, 4) is 0 Å². The number of fused-ring (bicyclic) bond motifs is 1. The molecular weight excluding hydrogens is 242 g/mol. The first-order valence-electron chi connectivity index (χ1n) is 6.53. The second kappa shape index (κ2) is 4.66. The van der Waals surface area contributed by atoms with Gasteiger partial charge in [0.25, 0.3) is 5.91 Å². The molecule has 1 amide bonds. The third-order valence-corrected chi connectivity index (χ3v) is 3.51. The molecule has 0 N–H and O–H groups in total. The summed E-state index contributed by atoms with van der Waals surface area (Å²) in [6, 6.07) is 1.94. The number of imidazole rings is 1. The molecule has 1 aliphatic rings. The van der Waals surface area contributed by atoms with E-state index in [1.54, 1.807) is 6.20 Å². The van der Waals surface area contributed by atoms with Crippen molar-refractivity contribution in [1.82, 2.24) is 14.3 Å². The van der Waals surface area contributed by atoms with Gasteiger partial charge in [0.1, 0.15) is 5.65 Å². The van der Waals surface area contributed by atoms with Crippen LogP contribution in [0, 0.1) is 6.92 Å². The van der Waals surface area contributed by atoms with E-state index in [-0.39, 0.29) is 12.0 Å². The molecule has 2 aromatic rings. The predicted molar refractivity (Wildman–Crippen MR) is 71.2 cm³/mol. The van der Waals surface area contributed by atoms with E-state index < -0.39 is 0 Å². The summed E-state index contributed by atoms with van der Waals surface area (Å²) < 4.78 is 7.35. The summed E-state index contributed by atoms with van der Waals surface area (Å²) in [6.07, 6.45) is 5.64. The van der Waals surface area contributed by atoms with Gasteiger partial charge in [0.2, 0.25) is 0 Å². The Morgan fingerprint density at radius 1 is 1.53 bits per heavy atom. The minimum atomic E-state index is 0.0732. The lowest BCUT2D eigenvalue weighted by molar-refractivity contribution is -0.0378. The lowest BCUT2D eigenvalue weighted by Gasteiger charge is -2.38. The van der Waals surface area contributed by atoms with Crippen LogP contribution in [0.4, 0.5) is 0 Å². The lowest BCUT2D eigenvalue weighted by Crippen LogP contribution is -2.54. The third-order valence-electron chi connectivity index (χ3n) is 3.51. The van der Waals surface area contributed by atoms with Crippen LogP contribution < -0.4 is 0 Å². The topological polar surface area (TPSA) is 46.8 Å². The lowest BCUT2D eigenvalue weighted by atomic mass is 10.1. The summed E-state index contributed by atoms with van der Waals surface area (Å²) in [6.45, 7) is 6.00. The molecule has 1 fully saturated rings. The highest BCUT2D eigenvalue weighted by Crippen LogP contribution is 2.19. The van der Waals surface area contributed by atoms with Crippen LogP contribution in [-0.2, 0) is 4.74 Å². The number of amides is 1. The maximum atomic E-state index is 12.4. The van der Waals surface area contributed by atoms with Crippen molar-refractivity contribution in [3.05, 3.63) is 35.8 Å². The van der Waals surface area contributed by atoms with Crippen molar-refractivity contribution < 1.29 is 9.53 Å². The Morgan fingerprint density at radius 3 is 3.05 bits per heavy atom. The van der Waals surface area contributed by atoms with E-state index in [0.717, 1.165) is 16.8 Å². The van der Waals surface area contributed by atoms with Crippen molar-refractivity contribution in [2.45, 2.75) is 20.0 Å². The van der Waals surface area contributed by atoms with Gasteiger partial charge >= 0.3 is 0 Å². The normalized spacial score (nSPS) is 15.8. The molecule has 3 heterocycles. The maximum absolute atomic E-state index is 12.4. The van der Waals surface area contributed by atoms with E-state index in [2.05, 4.69) is 4.98 Å². The van der Waals surface area contributed by atoms with Gasteiger partial charge in [-0.05, 0) is 25.5 Å². The fourth-order valence-corrected chi connectivity index (χ4v) is 2.40. The summed E-state index contributed by atoms with van der Waals surface area (Å²) in [5.74, 6) is 0.0732. The van der Waals surface area contributed by atoms with Gasteiger partial charge in [0.05, 0.1) is 11.7 Å². The van der Waals surface area contributed by atoms with E-state index in [1.165, 1.54) is 0 Å². The summed E-state index contributed by atoms with van der Waals surface area (Å²) in [5.41, 5.74) is 2.56. The number of nitrogens with zero attached hydrogens (tertiary/aromatic N) is 3. The molecule has 100 valence electrons. The summed E-state index contributed by atoms with van der Waals surface area (Å²) in [4.78, 5) is 18.4. The molecule has 0 saturated carbocycles. The van der Waals surface area contributed by atoms with E-state index in [0.29, 0.717) is 19.7 Å². The van der Waals surface area contributed by atoms with Gasteiger partial charge in [0.15, 0.2) is 0 Å². The van der Waals surface area contributed by atoms with Crippen molar-refractivity contribution in [2.24, 2.45) is 0 Å². The fourth-order valence-electron chi connectivity index (χ4n) is 2.40. The molecule has 1 aliphatic heterocycles. The molecule has 0 aliphatic carbocycles. The number of rotatable bonds is 3. The zero-order valence-corrected chi connectivity index (χ0v) is 11.2. The van der Waals surface area contributed by atoms with Crippen LogP contribution in [-0.4, -0.2) is 46.0 Å². The molecule has 0 spiro atoms. The first kappa shape index (κ1) is 12.2. The number of aryl methyl sites for hydroxylation is 1. The summed E-state index contributed by atoms with van der Waals surface area (Å²) in [7, 11) is 0. The number of pyridine rings is 1. The van der Waals surface area contributed by atoms with Gasteiger partial charge < -0.3 is 14.0 Å². The Morgan fingerprint density at radius 2 is 2.32 bits per heavy atom. The minimum Gasteiger partial charge on any atom is -0.375 e. The van der Waals surface area contributed by atoms with Crippen LogP contribution in [0.15, 0.2) is 24.7 Å². The second-order valence-corrected chi connectivity index (χ2v) is 4.85. The molecule has 19 heavy (non-hydrogen) atoms. The van der Waals surface area contributed by atoms with E-state index in [4.69, 9.17) is 4.74 Å². The molecule has 0 bridgehead atoms. The van der Waals surface area contributed by atoms with Gasteiger partial charge in [-0.1, -0.05) is 0 Å². The van der Waals surface area contributed by atoms with Crippen LogP contribution >= 0.6 is 0 Å². The van der Waals surface area contributed by atoms with Gasteiger partial charge in [-0.25, -0.2) is 4.98 Å². The smallest absolute Gasteiger partial charge is 0.255 e. The van der Waals surface area contributed by atoms with Gasteiger partial charge in [-0.2, -0.15) is 0 Å². The van der Waals surface area contributed by atoms with Gasteiger partial charge in [0, 0.05) is 38.3 Å². The molecular formula is C14H17N3O2. The SMILES string of the molecule is CCOC1CN(C(=O)c2cn3ccnc3cc2C)C1. The Kier molecular flexibility index (Phi) is 2.98. The number of carbonyl (C=O) groups excluding carboxylic acids is 1. The molecule has 1 saturated heterocycles. The van der Waals surface area contributed by atoms with Gasteiger partial charge in [-0.15, -0.1) is 0 Å². The second-order valence-electron chi connectivity index (χ2n) is 4.85. The van der Waals surface area contributed by atoms with E-state index >= 15 is 0 Å². The number of ether oxygens (including phenoxy) is 1. The Bertz CT molecular complexity index is 614. The van der Waals surface area contributed by atoms with E-state index in [1.807, 2.05) is 41.6 Å². The van der Waals surface area contributed by atoms with Crippen molar-refractivity contribution >= 4 is 11.6 Å². The number of hydrogen-bond donors (Lipinski definition) is 0. The Hall–Kier alpha value is -1.88. The fraction of sp³-hybridized carbons (Fsp3) is 0.429. The molecule has 0 atom stereocenters. The largest absolute Gasteiger partial charge is 0.375 e. The Labute approximate surface area is 111 Å². The third kappa shape index (κ3) is 2.10. The maximum Gasteiger partial charge on any atom is 0.255 e. The van der Waals surface area contributed by atoms with Crippen molar-refractivity contribution in [1.29, 1.82) is 0 Å². The van der Waals surface area contributed by atoms with Crippen molar-refractivity contribution in [3.63, 3.8) is 0 Å². The number of likely N-dealkylation sites (tertiary alicyclic amines) is 1. The molecule has 5 heteroatoms. The standard InChI is InChI=1S/C14H17N3O2/c1-3-19-11-7-17(8-11)14(18)12-9-16-5-4-15-13(16)6-10(12)2/h4-6,9,11H,3,7-8H2,1-2H3. The van der Waals surface area contributed by atoms with E-state index in [9.17, 15) is 4.79 Å². The van der Waals surface area contributed by atoms with Crippen LogP contribution in [0.3, 0.4) is 0 Å². The number of hydrogen-bond acceptors (Lipinski definition) is 3. The highest BCUT2D eigenvalue weighted by Gasteiger charge is 2.32.